The van der Waals surface area contributed by atoms with Crippen LogP contribution in [0.15, 0.2) is 53.4 Å². The molecule has 35 heavy (non-hydrogen) atoms. The highest BCUT2D eigenvalue weighted by Crippen LogP contribution is 2.32. The lowest BCUT2D eigenvalue weighted by atomic mass is 10.2. The molecule has 2 fully saturated rings. The SMILES string of the molecule is CN(C1CC1)S(=O)(=O)c1ccc(C(=O)N(CCCN2CCOCC2)c2nc3ccccc3s2)cc1. The van der Waals surface area contributed by atoms with E-state index in [1.807, 2.05) is 24.3 Å². The third kappa shape index (κ3) is 5.41. The van der Waals surface area contributed by atoms with Gasteiger partial charge >= 0.3 is 0 Å². The van der Waals surface area contributed by atoms with Crippen molar-refractivity contribution in [1.29, 1.82) is 0 Å². The fraction of sp³-hybridized carbons (Fsp3) is 0.440. The van der Waals surface area contributed by atoms with Crippen LogP contribution in [0, 0.1) is 0 Å². The molecule has 0 unspecified atom stereocenters. The van der Waals surface area contributed by atoms with Gasteiger partial charge < -0.3 is 4.74 Å². The highest BCUT2D eigenvalue weighted by molar-refractivity contribution is 7.89. The van der Waals surface area contributed by atoms with Gasteiger partial charge in [-0.3, -0.25) is 14.6 Å². The van der Waals surface area contributed by atoms with Crippen molar-refractivity contribution in [3.63, 3.8) is 0 Å². The average molecular weight is 515 g/mol. The molecule has 0 spiro atoms. The molecule has 5 rings (SSSR count). The van der Waals surface area contributed by atoms with E-state index in [1.165, 1.54) is 27.8 Å². The maximum absolute atomic E-state index is 13.6. The Morgan fingerprint density at radius 2 is 1.83 bits per heavy atom. The first-order chi connectivity index (χ1) is 16.9. The van der Waals surface area contributed by atoms with E-state index >= 15 is 0 Å². The van der Waals surface area contributed by atoms with Gasteiger partial charge in [0.15, 0.2) is 5.13 Å². The number of morpholine rings is 1. The standard InChI is InChI=1S/C25H30N4O4S2/c1-27(20-9-10-20)35(31,32)21-11-7-19(8-12-21)24(30)29(14-4-13-28-15-17-33-18-16-28)25-26-22-5-2-3-6-23(22)34-25/h2-3,5-8,11-12,20H,4,9-10,13-18H2,1H3. The Morgan fingerprint density at radius 1 is 1.11 bits per heavy atom. The second kappa shape index (κ2) is 10.3. The smallest absolute Gasteiger partial charge is 0.260 e. The molecule has 1 saturated carbocycles. The van der Waals surface area contributed by atoms with Crippen molar-refractivity contribution in [2.75, 3.05) is 51.3 Å². The van der Waals surface area contributed by atoms with Crippen molar-refractivity contribution in [1.82, 2.24) is 14.2 Å². The molecule has 0 bridgehead atoms. The van der Waals surface area contributed by atoms with Crippen LogP contribution in [0.2, 0.25) is 0 Å². The lowest BCUT2D eigenvalue weighted by molar-refractivity contribution is 0.0376. The summed E-state index contributed by atoms with van der Waals surface area (Å²) in [5.41, 5.74) is 1.31. The number of fused-ring (bicyclic) bond motifs is 1. The second-order valence-corrected chi connectivity index (χ2v) is 12.0. The van der Waals surface area contributed by atoms with Gasteiger partial charge in [0.2, 0.25) is 10.0 Å². The van der Waals surface area contributed by atoms with Crippen LogP contribution in [0.3, 0.4) is 0 Å². The number of anilines is 1. The summed E-state index contributed by atoms with van der Waals surface area (Å²) in [5, 5.41) is 0.656. The molecule has 1 aromatic heterocycles. The fourth-order valence-corrected chi connectivity index (χ4v) is 6.67. The Kier molecular flexibility index (Phi) is 7.17. The highest BCUT2D eigenvalue weighted by Gasteiger charge is 2.35. The molecule has 186 valence electrons. The maximum Gasteiger partial charge on any atom is 0.260 e. The van der Waals surface area contributed by atoms with Crippen molar-refractivity contribution in [3.05, 3.63) is 54.1 Å². The molecule has 1 saturated heterocycles. The first-order valence-corrected chi connectivity index (χ1v) is 14.2. The molecule has 0 atom stereocenters. The predicted molar refractivity (Wildman–Crippen MR) is 138 cm³/mol. The van der Waals surface area contributed by atoms with E-state index in [9.17, 15) is 13.2 Å². The minimum Gasteiger partial charge on any atom is -0.379 e. The zero-order valence-electron chi connectivity index (χ0n) is 19.8. The average Bonchev–Trinajstić information content (AvgIpc) is 3.64. The number of hydrogen-bond donors (Lipinski definition) is 0. The molecule has 2 aromatic carbocycles. The summed E-state index contributed by atoms with van der Waals surface area (Å²) in [6.45, 7) is 4.70. The van der Waals surface area contributed by atoms with Crippen LogP contribution in [-0.2, 0) is 14.8 Å². The number of para-hydroxylation sites is 1. The fourth-order valence-electron chi connectivity index (χ4n) is 4.26. The Balaban J connectivity index is 1.36. The number of sulfonamides is 1. The van der Waals surface area contributed by atoms with E-state index in [0.29, 0.717) is 17.2 Å². The summed E-state index contributed by atoms with van der Waals surface area (Å²) in [7, 11) is -1.93. The third-order valence-electron chi connectivity index (χ3n) is 6.56. The number of amides is 1. The Hall–Kier alpha value is -2.37. The molecule has 1 amide bonds. The summed E-state index contributed by atoms with van der Waals surface area (Å²) in [6.07, 6.45) is 2.60. The largest absolute Gasteiger partial charge is 0.379 e. The van der Waals surface area contributed by atoms with Crippen molar-refractivity contribution in [3.8, 4) is 0 Å². The maximum atomic E-state index is 13.6. The molecule has 0 N–H and O–H groups in total. The van der Waals surface area contributed by atoms with E-state index in [-0.39, 0.29) is 16.8 Å². The summed E-state index contributed by atoms with van der Waals surface area (Å²) >= 11 is 1.49. The van der Waals surface area contributed by atoms with E-state index in [2.05, 4.69) is 4.90 Å². The topological polar surface area (TPSA) is 83.1 Å². The van der Waals surface area contributed by atoms with Gasteiger partial charge in [0.05, 0.1) is 28.3 Å². The molecular weight excluding hydrogens is 484 g/mol. The Labute approximate surface area is 210 Å². The summed E-state index contributed by atoms with van der Waals surface area (Å²) < 4.78 is 33.6. The van der Waals surface area contributed by atoms with Crippen LogP contribution in [0.4, 0.5) is 5.13 Å². The molecule has 1 aliphatic heterocycles. The Bertz CT molecular complexity index is 1250. The first kappa shape index (κ1) is 24.3. The van der Waals surface area contributed by atoms with Crippen LogP contribution >= 0.6 is 11.3 Å². The van der Waals surface area contributed by atoms with E-state index in [0.717, 1.165) is 62.3 Å². The van der Waals surface area contributed by atoms with Gasteiger partial charge in [-0.1, -0.05) is 23.5 Å². The zero-order valence-corrected chi connectivity index (χ0v) is 21.4. The quantitative estimate of drug-likeness (QED) is 0.435. The molecular formula is C25H30N4O4S2. The number of ether oxygens (including phenoxy) is 1. The minimum atomic E-state index is -3.55. The van der Waals surface area contributed by atoms with Gasteiger partial charge in [0, 0.05) is 44.8 Å². The van der Waals surface area contributed by atoms with Crippen LogP contribution < -0.4 is 4.90 Å². The van der Waals surface area contributed by atoms with E-state index < -0.39 is 10.0 Å². The Morgan fingerprint density at radius 3 is 2.51 bits per heavy atom. The summed E-state index contributed by atoms with van der Waals surface area (Å²) in [4.78, 5) is 22.6. The van der Waals surface area contributed by atoms with Crippen molar-refractivity contribution < 1.29 is 17.9 Å². The van der Waals surface area contributed by atoms with E-state index in [1.54, 1.807) is 24.1 Å². The van der Waals surface area contributed by atoms with Crippen LogP contribution in [0.5, 0.6) is 0 Å². The number of hydrogen-bond acceptors (Lipinski definition) is 7. The van der Waals surface area contributed by atoms with Crippen LogP contribution in [-0.4, -0.2) is 81.0 Å². The third-order valence-corrected chi connectivity index (χ3v) is 9.54. The van der Waals surface area contributed by atoms with E-state index in [4.69, 9.17) is 9.72 Å². The molecule has 2 heterocycles. The number of nitrogens with zero attached hydrogens (tertiary/aromatic N) is 4. The van der Waals surface area contributed by atoms with Crippen LogP contribution in [0.25, 0.3) is 10.2 Å². The van der Waals surface area contributed by atoms with Gasteiger partial charge in [0.25, 0.3) is 5.91 Å². The predicted octanol–water partition coefficient (Wildman–Crippen LogP) is 3.45. The zero-order chi connectivity index (χ0) is 24.4. The lowest BCUT2D eigenvalue weighted by Gasteiger charge is -2.27. The lowest BCUT2D eigenvalue weighted by Crippen LogP contribution is -2.39. The second-order valence-electron chi connectivity index (χ2n) is 9.01. The number of carbonyl (C=O) groups is 1. The van der Waals surface area contributed by atoms with Crippen molar-refractivity contribution >= 4 is 42.6 Å². The minimum absolute atomic E-state index is 0.0855. The van der Waals surface area contributed by atoms with Crippen molar-refractivity contribution in [2.45, 2.75) is 30.2 Å². The van der Waals surface area contributed by atoms with Gasteiger partial charge in [-0.15, -0.1) is 0 Å². The van der Waals surface area contributed by atoms with Gasteiger partial charge in [-0.25, -0.2) is 13.4 Å². The van der Waals surface area contributed by atoms with Gasteiger partial charge in [-0.2, -0.15) is 4.31 Å². The highest BCUT2D eigenvalue weighted by atomic mass is 32.2. The molecule has 1 aliphatic carbocycles. The van der Waals surface area contributed by atoms with Gasteiger partial charge in [-0.05, 0) is 55.7 Å². The number of carbonyl (C=O) groups excluding carboxylic acids is 1. The summed E-state index contributed by atoms with van der Waals surface area (Å²) in [6, 6.07) is 14.2. The first-order valence-electron chi connectivity index (χ1n) is 12.0. The molecule has 0 radical (unpaired) electrons. The molecule has 2 aliphatic rings. The van der Waals surface area contributed by atoms with Crippen molar-refractivity contribution in [2.24, 2.45) is 0 Å². The number of benzene rings is 2. The summed E-state index contributed by atoms with van der Waals surface area (Å²) in [5.74, 6) is -0.175. The molecule has 10 heteroatoms. The number of aromatic nitrogens is 1. The normalized spacial score (nSPS) is 17.2. The molecule has 3 aromatic rings. The molecule has 8 nitrogen and oxygen atoms in total. The van der Waals surface area contributed by atoms with Gasteiger partial charge in [0.1, 0.15) is 0 Å². The van der Waals surface area contributed by atoms with Crippen LogP contribution in [0.1, 0.15) is 29.6 Å². The number of rotatable bonds is 9. The monoisotopic (exact) mass is 514 g/mol. The number of thiazole rings is 1.